The van der Waals surface area contributed by atoms with E-state index in [9.17, 15) is 5.11 Å². The number of benzene rings is 1. The zero-order valence-electron chi connectivity index (χ0n) is 12.5. The predicted molar refractivity (Wildman–Crippen MR) is 82.5 cm³/mol. The average Bonchev–Trinajstić information content (AvgIpc) is 2.54. The lowest BCUT2D eigenvalue weighted by atomic mass is 9.73. The Morgan fingerprint density at radius 3 is 2.71 bits per heavy atom. The van der Waals surface area contributed by atoms with E-state index in [1.807, 2.05) is 43.5 Å². The van der Waals surface area contributed by atoms with E-state index in [1.165, 1.54) is 5.56 Å². The fraction of sp³-hybridized carbons (Fsp3) is 0.389. The lowest BCUT2D eigenvalue weighted by Crippen LogP contribution is -2.33. The van der Waals surface area contributed by atoms with Crippen LogP contribution in [0.2, 0.25) is 0 Å². The van der Waals surface area contributed by atoms with Crippen LogP contribution in [0.3, 0.4) is 0 Å². The molecule has 1 aromatic carbocycles. The highest BCUT2D eigenvalue weighted by molar-refractivity contribution is 5.36. The molecule has 0 saturated carbocycles. The van der Waals surface area contributed by atoms with Gasteiger partial charge in [-0.25, -0.2) is 0 Å². The number of methoxy groups -OCH3 is 1. The van der Waals surface area contributed by atoms with Gasteiger partial charge in [0.25, 0.3) is 0 Å². The fourth-order valence-electron chi connectivity index (χ4n) is 3.29. The number of aromatic nitrogens is 1. The molecule has 2 aromatic rings. The van der Waals surface area contributed by atoms with E-state index in [-0.39, 0.29) is 5.92 Å². The molecule has 2 atom stereocenters. The molecule has 1 N–H and O–H groups in total. The number of aryl methyl sites for hydroxylation is 1. The van der Waals surface area contributed by atoms with Gasteiger partial charge in [-0.3, -0.25) is 4.98 Å². The lowest BCUT2D eigenvalue weighted by Gasteiger charge is -2.36. The van der Waals surface area contributed by atoms with Gasteiger partial charge < -0.3 is 9.84 Å². The number of ether oxygens (including phenoxy) is 1. The summed E-state index contributed by atoms with van der Waals surface area (Å²) in [6.45, 7) is 1.89. The van der Waals surface area contributed by atoms with Crippen LogP contribution in [-0.2, 0) is 12.0 Å². The van der Waals surface area contributed by atoms with Gasteiger partial charge in [-0.1, -0.05) is 18.2 Å². The Kier molecular flexibility index (Phi) is 3.68. The number of fused-ring (bicyclic) bond motifs is 1. The molecule has 3 nitrogen and oxygen atoms in total. The van der Waals surface area contributed by atoms with Crippen molar-refractivity contribution < 1.29 is 9.84 Å². The maximum atomic E-state index is 11.1. The van der Waals surface area contributed by atoms with Crippen molar-refractivity contribution in [2.45, 2.75) is 37.7 Å². The van der Waals surface area contributed by atoms with Crippen molar-refractivity contribution in [2.24, 2.45) is 0 Å². The van der Waals surface area contributed by atoms with Crippen molar-refractivity contribution >= 4 is 0 Å². The molecule has 0 saturated heterocycles. The maximum absolute atomic E-state index is 11.1. The van der Waals surface area contributed by atoms with E-state index >= 15 is 0 Å². The van der Waals surface area contributed by atoms with Crippen LogP contribution in [0.4, 0.5) is 0 Å². The summed E-state index contributed by atoms with van der Waals surface area (Å²) < 4.78 is 5.19. The molecule has 21 heavy (non-hydrogen) atoms. The minimum Gasteiger partial charge on any atom is -0.497 e. The molecule has 0 radical (unpaired) electrons. The molecular formula is C18H21NO2. The van der Waals surface area contributed by atoms with Crippen LogP contribution in [0, 0.1) is 0 Å². The van der Waals surface area contributed by atoms with Crippen LogP contribution in [-0.4, -0.2) is 17.2 Å². The predicted octanol–water partition coefficient (Wildman–Crippen LogP) is 3.42. The topological polar surface area (TPSA) is 42.4 Å². The summed E-state index contributed by atoms with van der Waals surface area (Å²) in [7, 11) is 1.65. The van der Waals surface area contributed by atoms with Crippen molar-refractivity contribution in [3.8, 4) is 5.75 Å². The smallest absolute Gasteiger partial charge is 0.118 e. The first-order chi connectivity index (χ1) is 10.1. The molecule has 1 aromatic heterocycles. The highest BCUT2D eigenvalue weighted by Gasteiger charge is 2.38. The van der Waals surface area contributed by atoms with Crippen LogP contribution in [0.15, 0.2) is 42.6 Å². The highest BCUT2D eigenvalue weighted by atomic mass is 16.5. The Morgan fingerprint density at radius 1 is 1.24 bits per heavy atom. The molecule has 3 rings (SSSR count). The Hall–Kier alpha value is -1.87. The molecule has 0 spiro atoms. The molecule has 110 valence electrons. The normalized spacial score (nSPS) is 20.4. The summed E-state index contributed by atoms with van der Waals surface area (Å²) in [5, 5.41) is 11.1. The van der Waals surface area contributed by atoms with Gasteiger partial charge >= 0.3 is 0 Å². The quantitative estimate of drug-likeness (QED) is 0.938. The summed E-state index contributed by atoms with van der Waals surface area (Å²) in [5.74, 6) is 0.840. The van der Waals surface area contributed by atoms with Crippen LogP contribution in [0.25, 0.3) is 0 Å². The van der Waals surface area contributed by atoms with Crippen molar-refractivity contribution in [1.29, 1.82) is 0 Å². The first-order valence-corrected chi connectivity index (χ1v) is 7.43. The third-order valence-corrected chi connectivity index (χ3v) is 4.55. The third kappa shape index (κ3) is 2.54. The van der Waals surface area contributed by atoms with Crippen LogP contribution in [0.1, 0.15) is 42.5 Å². The Bertz CT molecular complexity index is 619. The SMILES string of the molecule is COc1ccc(C(C)(O)C2CCCc3cccnc32)cc1. The van der Waals surface area contributed by atoms with E-state index in [2.05, 4.69) is 11.1 Å². The summed E-state index contributed by atoms with van der Waals surface area (Å²) >= 11 is 0. The van der Waals surface area contributed by atoms with Gasteiger partial charge in [0, 0.05) is 17.8 Å². The minimum atomic E-state index is -0.921. The van der Waals surface area contributed by atoms with Crippen LogP contribution >= 0.6 is 0 Å². The fourth-order valence-corrected chi connectivity index (χ4v) is 3.29. The maximum Gasteiger partial charge on any atom is 0.118 e. The molecular weight excluding hydrogens is 262 g/mol. The van der Waals surface area contributed by atoms with Gasteiger partial charge in [0.05, 0.1) is 12.7 Å². The summed E-state index contributed by atoms with van der Waals surface area (Å²) in [4.78, 5) is 4.54. The molecule has 1 heterocycles. The van der Waals surface area contributed by atoms with Crippen LogP contribution in [0.5, 0.6) is 5.75 Å². The molecule has 2 unspecified atom stereocenters. The van der Waals surface area contributed by atoms with Crippen molar-refractivity contribution in [3.63, 3.8) is 0 Å². The number of nitrogens with zero attached hydrogens (tertiary/aromatic N) is 1. The lowest BCUT2D eigenvalue weighted by molar-refractivity contribution is 0.0188. The second-order valence-corrected chi connectivity index (χ2v) is 5.87. The molecule has 0 bridgehead atoms. The second kappa shape index (κ2) is 5.49. The van der Waals surface area contributed by atoms with Gasteiger partial charge in [-0.15, -0.1) is 0 Å². The second-order valence-electron chi connectivity index (χ2n) is 5.87. The Labute approximate surface area is 125 Å². The van der Waals surface area contributed by atoms with Gasteiger partial charge in [-0.05, 0) is 55.5 Å². The van der Waals surface area contributed by atoms with E-state index < -0.39 is 5.60 Å². The van der Waals surface area contributed by atoms with Crippen molar-refractivity contribution in [3.05, 3.63) is 59.4 Å². The summed E-state index contributed by atoms with van der Waals surface area (Å²) in [5.41, 5.74) is 2.30. The van der Waals surface area contributed by atoms with Gasteiger partial charge in [-0.2, -0.15) is 0 Å². The van der Waals surface area contributed by atoms with E-state index in [0.29, 0.717) is 0 Å². The number of aliphatic hydroxyl groups is 1. The minimum absolute atomic E-state index is 0.0378. The van der Waals surface area contributed by atoms with Gasteiger partial charge in [0.15, 0.2) is 0 Å². The molecule has 1 aliphatic carbocycles. The zero-order valence-corrected chi connectivity index (χ0v) is 12.5. The van der Waals surface area contributed by atoms with Gasteiger partial charge in [0.1, 0.15) is 5.75 Å². The number of hydrogen-bond donors (Lipinski definition) is 1. The average molecular weight is 283 g/mol. The monoisotopic (exact) mass is 283 g/mol. The highest BCUT2D eigenvalue weighted by Crippen LogP contribution is 2.43. The molecule has 3 heteroatoms. The van der Waals surface area contributed by atoms with E-state index in [1.54, 1.807) is 7.11 Å². The van der Waals surface area contributed by atoms with Crippen molar-refractivity contribution in [1.82, 2.24) is 4.98 Å². The van der Waals surface area contributed by atoms with E-state index in [4.69, 9.17) is 4.74 Å². The molecule has 1 aliphatic rings. The first kappa shape index (κ1) is 14.1. The largest absolute Gasteiger partial charge is 0.497 e. The number of hydrogen-bond acceptors (Lipinski definition) is 3. The standard InChI is InChI=1S/C18H21NO2/c1-18(20,14-8-10-15(21-2)11-9-14)16-7-3-5-13-6-4-12-19-17(13)16/h4,6,8-12,16,20H,3,5,7H2,1-2H3. The molecule has 0 fully saturated rings. The summed E-state index contributed by atoms with van der Waals surface area (Å²) in [6, 6.07) is 11.8. The van der Waals surface area contributed by atoms with Crippen molar-refractivity contribution in [2.75, 3.05) is 7.11 Å². The molecule has 0 aliphatic heterocycles. The summed E-state index contributed by atoms with van der Waals surface area (Å²) in [6.07, 6.45) is 4.93. The zero-order chi connectivity index (χ0) is 14.9. The first-order valence-electron chi connectivity index (χ1n) is 7.43. The third-order valence-electron chi connectivity index (χ3n) is 4.55. The Morgan fingerprint density at radius 2 is 2.00 bits per heavy atom. The van der Waals surface area contributed by atoms with Gasteiger partial charge in [0.2, 0.25) is 0 Å². The number of rotatable bonds is 3. The molecule has 0 amide bonds. The van der Waals surface area contributed by atoms with E-state index in [0.717, 1.165) is 36.3 Å². The number of pyridine rings is 1. The Balaban J connectivity index is 1.98. The van der Waals surface area contributed by atoms with Crippen LogP contribution < -0.4 is 4.74 Å².